The van der Waals surface area contributed by atoms with E-state index in [4.69, 9.17) is 10.5 Å². The number of amides is 1. The molecule has 0 saturated carbocycles. The molecule has 0 fully saturated rings. The van der Waals surface area contributed by atoms with Gasteiger partial charge in [0, 0.05) is 50.1 Å². The van der Waals surface area contributed by atoms with E-state index in [1.54, 1.807) is 37.4 Å². The normalized spacial score (nSPS) is 11.2. The number of carbonyl (C=O) groups is 1. The fraction of sp³-hybridized carbons (Fsp3) is 0.200. The van der Waals surface area contributed by atoms with Crippen molar-refractivity contribution in [2.24, 2.45) is 7.05 Å². The number of aromatic nitrogens is 2. The summed E-state index contributed by atoms with van der Waals surface area (Å²) in [4.78, 5) is 18.1. The number of ether oxygens (including phenoxy) is 1. The van der Waals surface area contributed by atoms with Crippen molar-refractivity contribution in [3.05, 3.63) is 59.9 Å². The Bertz CT molecular complexity index is 958. The first-order valence-corrected chi connectivity index (χ1v) is 8.25. The summed E-state index contributed by atoms with van der Waals surface area (Å²) in [6, 6.07) is 9.46. The van der Waals surface area contributed by atoms with Gasteiger partial charge >= 0.3 is 0 Å². The van der Waals surface area contributed by atoms with E-state index in [9.17, 15) is 4.79 Å². The quantitative estimate of drug-likeness (QED) is 0.718. The number of carbonyl (C=O) groups excluding carboxylic acids is 1. The van der Waals surface area contributed by atoms with Crippen LogP contribution < -0.4 is 10.5 Å². The molecule has 0 spiro atoms. The minimum absolute atomic E-state index is 0.0891. The van der Waals surface area contributed by atoms with Gasteiger partial charge in [0.15, 0.2) is 0 Å². The number of rotatable bonds is 5. The van der Waals surface area contributed by atoms with Crippen LogP contribution in [-0.2, 0) is 18.4 Å². The number of likely N-dealkylation sites (N-methyl/N-ethyl adjacent to an activating group) is 1. The van der Waals surface area contributed by atoms with E-state index in [-0.39, 0.29) is 5.91 Å². The summed E-state index contributed by atoms with van der Waals surface area (Å²) < 4.78 is 7.53. The molecule has 2 aromatic heterocycles. The monoisotopic (exact) mass is 350 g/mol. The lowest BCUT2D eigenvalue weighted by molar-refractivity contribution is -0.125. The number of hydrogen-bond donors (Lipinski definition) is 1. The predicted octanol–water partition coefficient (Wildman–Crippen LogP) is 2.84. The first-order valence-electron chi connectivity index (χ1n) is 8.25. The molecule has 0 bridgehead atoms. The van der Waals surface area contributed by atoms with Crippen LogP contribution in [0.25, 0.3) is 17.0 Å². The Morgan fingerprint density at radius 2 is 2.15 bits per heavy atom. The number of methoxy groups -OCH3 is 1. The molecule has 0 atom stereocenters. The molecule has 3 rings (SSSR count). The van der Waals surface area contributed by atoms with Crippen LogP contribution >= 0.6 is 0 Å². The Hall–Kier alpha value is -3.28. The number of hydrogen-bond acceptors (Lipinski definition) is 4. The SMILES string of the molecule is COc1cccc2c1c(CN(C)C(=O)C=Cc1ccc(N)nc1)cn2C. The Morgan fingerprint density at radius 1 is 1.35 bits per heavy atom. The maximum Gasteiger partial charge on any atom is 0.246 e. The Labute approximate surface area is 152 Å². The molecule has 0 aliphatic carbocycles. The Balaban J connectivity index is 1.79. The Morgan fingerprint density at radius 3 is 2.85 bits per heavy atom. The van der Waals surface area contributed by atoms with Crippen molar-refractivity contribution in [2.75, 3.05) is 19.9 Å². The van der Waals surface area contributed by atoms with Crippen LogP contribution in [0.5, 0.6) is 5.75 Å². The highest BCUT2D eigenvalue weighted by atomic mass is 16.5. The third-order valence-electron chi connectivity index (χ3n) is 4.29. The van der Waals surface area contributed by atoms with Crippen LogP contribution in [0.15, 0.2) is 48.8 Å². The first-order chi connectivity index (χ1) is 12.5. The smallest absolute Gasteiger partial charge is 0.246 e. The van der Waals surface area contributed by atoms with Crippen LogP contribution in [0.3, 0.4) is 0 Å². The lowest BCUT2D eigenvalue weighted by Crippen LogP contribution is -2.24. The molecule has 0 aliphatic rings. The molecule has 6 nitrogen and oxygen atoms in total. The summed E-state index contributed by atoms with van der Waals surface area (Å²) >= 11 is 0. The molecule has 134 valence electrons. The number of nitrogens with zero attached hydrogens (tertiary/aromatic N) is 3. The molecule has 0 saturated heterocycles. The van der Waals surface area contributed by atoms with Crippen LogP contribution in [0.1, 0.15) is 11.1 Å². The average molecular weight is 350 g/mol. The number of fused-ring (bicyclic) bond motifs is 1. The Kier molecular flexibility index (Phi) is 4.93. The fourth-order valence-corrected chi connectivity index (χ4v) is 2.94. The number of nitrogen functional groups attached to an aromatic ring is 1. The van der Waals surface area contributed by atoms with Gasteiger partial charge in [-0.1, -0.05) is 6.07 Å². The number of benzene rings is 1. The zero-order valence-electron chi connectivity index (χ0n) is 15.1. The van der Waals surface area contributed by atoms with Crippen molar-refractivity contribution < 1.29 is 9.53 Å². The third kappa shape index (κ3) is 3.54. The van der Waals surface area contributed by atoms with Crippen LogP contribution in [0.4, 0.5) is 5.82 Å². The predicted molar refractivity (Wildman–Crippen MR) is 104 cm³/mol. The van der Waals surface area contributed by atoms with Crippen molar-refractivity contribution in [2.45, 2.75) is 6.54 Å². The topological polar surface area (TPSA) is 73.4 Å². The summed E-state index contributed by atoms with van der Waals surface area (Å²) in [6.07, 6.45) is 6.93. The van der Waals surface area contributed by atoms with E-state index in [0.717, 1.165) is 27.8 Å². The molecule has 3 aromatic rings. The van der Waals surface area contributed by atoms with Crippen molar-refractivity contribution in [3.8, 4) is 5.75 Å². The van der Waals surface area contributed by atoms with E-state index in [1.165, 1.54) is 6.08 Å². The van der Waals surface area contributed by atoms with Gasteiger partial charge in [0.1, 0.15) is 11.6 Å². The number of anilines is 1. The van der Waals surface area contributed by atoms with E-state index in [2.05, 4.69) is 4.98 Å². The average Bonchev–Trinajstić information content (AvgIpc) is 2.96. The van der Waals surface area contributed by atoms with Gasteiger partial charge in [-0.3, -0.25) is 4.79 Å². The molecule has 26 heavy (non-hydrogen) atoms. The standard InChI is InChI=1S/C20H22N4O2/c1-23-12-15(20-16(23)5-4-6-17(20)26-3)13-24(2)19(25)10-8-14-7-9-18(21)22-11-14/h4-12H,13H2,1-3H3,(H2,21,22). The van der Waals surface area contributed by atoms with E-state index in [0.29, 0.717) is 12.4 Å². The molecule has 1 amide bonds. The highest BCUT2D eigenvalue weighted by Gasteiger charge is 2.14. The second-order valence-corrected chi connectivity index (χ2v) is 6.16. The van der Waals surface area contributed by atoms with Crippen molar-refractivity contribution in [1.82, 2.24) is 14.5 Å². The number of nitrogens with two attached hydrogens (primary N) is 1. The van der Waals surface area contributed by atoms with Crippen LogP contribution in [-0.4, -0.2) is 34.5 Å². The first kappa shape index (κ1) is 17.5. The molecular weight excluding hydrogens is 328 g/mol. The van der Waals surface area contributed by atoms with Gasteiger partial charge in [-0.05, 0) is 35.9 Å². The maximum atomic E-state index is 12.4. The molecule has 0 radical (unpaired) electrons. The van der Waals surface area contributed by atoms with Gasteiger partial charge in [0.25, 0.3) is 0 Å². The number of aryl methyl sites for hydroxylation is 1. The lowest BCUT2D eigenvalue weighted by atomic mass is 10.1. The summed E-state index contributed by atoms with van der Waals surface area (Å²) in [5, 5.41) is 1.03. The zero-order chi connectivity index (χ0) is 18.7. The van der Waals surface area contributed by atoms with E-state index in [1.807, 2.05) is 42.1 Å². The van der Waals surface area contributed by atoms with Crippen molar-refractivity contribution in [3.63, 3.8) is 0 Å². The van der Waals surface area contributed by atoms with Gasteiger partial charge in [-0.25, -0.2) is 4.98 Å². The minimum Gasteiger partial charge on any atom is -0.496 e. The largest absolute Gasteiger partial charge is 0.496 e. The van der Waals surface area contributed by atoms with E-state index < -0.39 is 0 Å². The molecular formula is C20H22N4O2. The minimum atomic E-state index is -0.0891. The summed E-state index contributed by atoms with van der Waals surface area (Å²) in [5.74, 6) is 1.17. The summed E-state index contributed by atoms with van der Waals surface area (Å²) in [5.41, 5.74) is 8.50. The van der Waals surface area contributed by atoms with Gasteiger partial charge in [-0.15, -0.1) is 0 Å². The maximum absolute atomic E-state index is 12.4. The summed E-state index contributed by atoms with van der Waals surface area (Å²) in [7, 11) is 5.42. The molecule has 0 aliphatic heterocycles. The van der Waals surface area contributed by atoms with Crippen molar-refractivity contribution in [1.29, 1.82) is 0 Å². The fourth-order valence-electron chi connectivity index (χ4n) is 2.94. The second kappa shape index (κ2) is 7.31. The van der Waals surface area contributed by atoms with Crippen molar-refractivity contribution >= 4 is 28.7 Å². The van der Waals surface area contributed by atoms with E-state index >= 15 is 0 Å². The van der Waals surface area contributed by atoms with Gasteiger partial charge < -0.3 is 19.9 Å². The summed E-state index contributed by atoms with van der Waals surface area (Å²) in [6.45, 7) is 0.487. The lowest BCUT2D eigenvalue weighted by Gasteiger charge is -2.15. The van der Waals surface area contributed by atoms with Crippen LogP contribution in [0, 0.1) is 0 Å². The van der Waals surface area contributed by atoms with Gasteiger partial charge in [-0.2, -0.15) is 0 Å². The highest BCUT2D eigenvalue weighted by Crippen LogP contribution is 2.30. The zero-order valence-corrected chi connectivity index (χ0v) is 15.1. The number of pyridine rings is 1. The molecule has 1 aromatic carbocycles. The molecule has 2 N–H and O–H groups in total. The molecule has 6 heteroatoms. The van der Waals surface area contributed by atoms with Gasteiger partial charge in [0.05, 0.1) is 12.6 Å². The van der Waals surface area contributed by atoms with Gasteiger partial charge in [0.2, 0.25) is 5.91 Å². The third-order valence-corrected chi connectivity index (χ3v) is 4.29. The van der Waals surface area contributed by atoms with Crippen LogP contribution in [0.2, 0.25) is 0 Å². The second-order valence-electron chi connectivity index (χ2n) is 6.16. The molecule has 2 heterocycles. The molecule has 0 unspecified atom stereocenters. The highest BCUT2D eigenvalue weighted by molar-refractivity contribution is 5.93.